The van der Waals surface area contributed by atoms with E-state index in [9.17, 15) is 18.0 Å². The molecule has 40 heavy (non-hydrogen) atoms. The number of hydrogen-bond donors (Lipinski definition) is 1. The van der Waals surface area contributed by atoms with Gasteiger partial charge in [-0.05, 0) is 28.8 Å². The second-order valence-electron chi connectivity index (χ2n) is 9.65. The van der Waals surface area contributed by atoms with E-state index in [0.717, 1.165) is 16.7 Å². The molecular weight excluding hydrogens is 522 g/mol. The van der Waals surface area contributed by atoms with E-state index in [1.165, 1.54) is 21.3 Å². The summed E-state index contributed by atoms with van der Waals surface area (Å²) in [6.45, 7) is 0.635. The first-order chi connectivity index (χ1) is 19.5. The quantitative estimate of drug-likeness (QED) is 0.356. The molecule has 0 aromatic heterocycles. The molecule has 0 spiro atoms. The Bertz CT molecular complexity index is 1490. The largest absolute Gasteiger partial charge is 0.313 e. The lowest BCUT2D eigenvalue weighted by Gasteiger charge is -2.37. The molecule has 1 saturated heterocycles. The van der Waals surface area contributed by atoms with Gasteiger partial charge in [-0.1, -0.05) is 109 Å². The third-order valence-electron chi connectivity index (χ3n) is 7.06. The van der Waals surface area contributed by atoms with Crippen LogP contribution in [-0.4, -0.2) is 55.1 Å². The van der Waals surface area contributed by atoms with Gasteiger partial charge in [0.15, 0.2) is 0 Å². The van der Waals surface area contributed by atoms with E-state index in [-0.39, 0.29) is 24.5 Å². The average molecular weight is 554 g/mol. The van der Waals surface area contributed by atoms with Crippen LogP contribution in [0.2, 0.25) is 0 Å². The first kappa shape index (κ1) is 27.5. The summed E-state index contributed by atoms with van der Waals surface area (Å²) < 4.78 is 28.6. The van der Waals surface area contributed by atoms with E-state index in [0.29, 0.717) is 6.54 Å². The molecule has 5 rings (SSSR count). The van der Waals surface area contributed by atoms with Gasteiger partial charge in [0.05, 0.1) is 17.4 Å². The number of nitrogens with one attached hydrogen (secondary N) is 1. The molecule has 7 nitrogen and oxygen atoms in total. The van der Waals surface area contributed by atoms with Crippen molar-refractivity contribution in [2.45, 2.75) is 23.4 Å². The lowest BCUT2D eigenvalue weighted by molar-refractivity contribution is -0.148. The van der Waals surface area contributed by atoms with E-state index in [2.05, 4.69) is 5.32 Å². The van der Waals surface area contributed by atoms with E-state index in [4.69, 9.17) is 0 Å². The summed E-state index contributed by atoms with van der Waals surface area (Å²) in [5.74, 6) is -1.71. The summed E-state index contributed by atoms with van der Waals surface area (Å²) in [6, 6.07) is 35.0. The normalized spacial score (nSPS) is 16.0. The fraction of sp³-hybridized carbons (Fsp3) is 0.188. The lowest BCUT2D eigenvalue weighted by Crippen LogP contribution is -2.61. The van der Waals surface area contributed by atoms with Gasteiger partial charge in [-0.2, -0.15) is 4.31 Å². The van der Waals surface area contributed by atoms with Gasteiger partial charge in [-0.25, -0.2) is 8.42 Å². The molecule has 0 radical (unpaired) electrons. The maximum atomic E-state index is 14.5. The zero-order valence-corrected chi connectivity index (χ0v) is 22.8. The Morgan fingerprint density at radius 1 is 0.775 bits per heavy atom. The Kier molecular flexibility index (Phi) is 8.50. The molecule has 0 bridgehead atoms. The molecule has 4 aromatic carbocycles. The van der Waals surface area contributed by atoms with Gasteiger partial charge in [0.1, 0.15) is 6.04 Å². The number of sulfonamides is 1. The van der Waals surface area contributed by atoms with Crippen LogP contribution in [0.5, 0.6) is 0 Å². The molecule has 1 N–H and O–H groups in total. The van der Waals surface area contributed by atoms with Gasteiger partial charge >= 0.3 is 0 Å². The maximum Gasteiger partial charge on any atom is 0.249 e. The fourth-order valence-electron chi connectivity index (χ4n) is 5.05. The van der Waals surface area contributed by atoms with Crippen LogP contribution < -0.4 is 5.32 Å². The molecule has 8 heteroatoms. The zero-order valence-electron chi connectivity index (χ0n) is 22.0. The van der Waals surface area contributed by atoms with E-state index < -0.39 is 33.8 Å². The molecule has 1 aliphatic rings. The first-order valence-electron chi connectivity index (χ1n) is 13.2. The Hall–Kier alpha value is -4.11. The second-order valence-corrected chi connectivity index (χ2v) is 11.5. The number of benzene rings is 4. The summed E-state index contributed by atoms with van der Waals surface area (Å²) in [5, 5.41) is 3.15. The molecule has 1 heterocycles. The standard InChI is InChI=1S/C32H31N3O4S/c36-31(29-23-33-21-22-35(29)40(38,39)28-19-11-4-12-20-28)34(24-25-13-5-1-6-14-25)32(37)30(26-15-7-2-8-16-26)27-17-9-3-10-18-27/h1-20,29-30,33H,21-24H2. The van der Waals surface area contributed by atoms with Gasteiger partial charge in [0.25, 0.3) is 0 Å². The maximum absolute atomic E-state index is 14.5. The SMILES string of the molecule is O=C(C(c1ccccc1)c1ccccc1)N(Cc1ccccc1)C(=O)C1CNCCN1S(=O)(=O)c1ccccc1. The van der Waals surface area contributed by atoms with Gasteiger partial charge in [0.2, 0.25) is 21.8 Å². The second kappa shape index (κ2) is 12.4. The van der Waals surface area contributed by atoms with Crippen LogP contribution in [0.25, 0.3) is 0 Å². The highest BCUT2D eigenvalue weighted by molar-refractivity contribution is 7.89. The van der Waals surface area contributed by atoms with Crippen molar-refractivity contribution < 1.29 is 18.0 Å². The van der Waals surface area contributed by atoms with Crippen molar-refractivity contribution in [2.24, 2.45) is 0 Å². The molecule has 1 unspecified atom stereocenters. The number of carbonyl (C=O) groups excluding carboxylic acids is 2. The van der Waals surface area contributed by atoms with Gasteiger partial charge in [-0.15, -0.1) is 0 Å². The van der Waals surface area contributed by atoms with Crippen LogP contribution in [0, 0.1) is 0 Å². The summed E-state index contributed by atoms with van der Waals surface area (Å²) in [5.41, 5.74) is 2.27. The van der Waals surface area contributed by atoms with Crippen LogP contribution in [0.4, 0.5) is 0 Å². The van der Waals surface area contributed by atoms with E-state index >= 15 is 0 Å². The first-order valence-corrected chi connectivity index (χ1v) is 14.7. The number of hydrogen-bond acceptors (Lipinski definition) is 5. The monoisotopic (exact) mass is 553 g/mol. The molecule has 1 fully saturated rings. The van der Waals surface area contributed by atoms with Gasteiger partial charge in [0, 0.05) is 19.6 Å². The van der Waals surface area contributed by atoms with Crippen molar-refractivity contribution in [3.05, 3.63) is 138 Å². The number of rotatable bonds is 8. The Labute approximate surface area is 235 Å². The number of nitrogens with zero attached hydrogens (tertiary/aromatic N) is 2. The summed E-state index contributed by atoms with van der Waals surface area (Å²) >= 11 is 0. The van der Waals surface area contributed by atoms with Crippen LogP contribution in [0.3, 0.4) is 0 Å². The van der Waals surface area contributed by atoms with Gasteiger partial charge in [-0.3, -0.25) is 14.5 Å². The van der Waals surface area contributed by atoms with Crippen molar-refractivity contribution in [3.63, 3.8) is 0 Å². The highest BCUT2D eigenvalue weighted by atomic mass is 32.2. The zero-order chi connectivity index (χ0) is 28.0. The van der Waals surface area contributed by atoms with Crippen molar-refractivity contribution in [2.75, 3.05) is 19.6 Å². The number of carbonyl (C=O) groups is 2. The van der Waals surface area contributed by atoms with E-state index in [1.807, 2.05) is 91.0 Å². The minimum atomic E-state index is -3.98. The average Bonchev–Trinajstić information content (AvgIpc) is 3.01. The minimum Gasteiger partial charge on any atom is -0.313 e. The van der Waals surface area contributed by atoms with Crippen LogP contribution in [-0.2, 0) is 26.2 Å². The predicted molar refractivity (Wildman–Crippen MR) is 154 cm³/mol. The van der Waals surface area contributed by atoms with Crippen LogP contribution >= 0.6 is 0 Å². The third-order valence-corrected chi connectivity index (χ3v) is 8.98. The molecular formula is C32H31N3O4S. The molecule has 0 aliphatic carbocycles. The number of amides is 2. The van der Waals surface area contributed by atoms with Crippen molar-refractivity contribution in [3.8, 4) is 0 Å². The van der Waals surface area contributed by atoms with Crippen molar-refractivity contribution >= 4 is 21.8 Å². The molecule has 0 saturated carbocycles. The summed E-state index contributed by atoms with van der Waals surface area (Å²) in [7, 11) is -3.98. The van der Waals surface area contributed by atoms with Gasteiger partial charge < -0.3 is 5.32 Å². The lowest BCUT2D eigenvalue weighted by atomic mass is 9.89. The molecule has 4 aromatic rings. The van der Waals surface area contributed by atoms with Crippen molar-refractivity contribution in [1.29, 1.82) is 0 Å². The van der Waals surface area contributed by atoms with Crippen LogP contribution in [0.1, 0.15) is 22.6 Å². The highest BCUT2D eigenvalue weighted by Crippen LogP contribution is 2.29. The Morgan fingerprint density at radius 3 is 1.82 bits per heavy atom. The molecule has 2 amide bonds. The van der Waals surface area contributed by atoms with Crippen molar-refractivity contribution in [1.82, 2.24) is 14.5 Å². The number of piperazine rings is 1. The van der Waals surface area contributed by atoms with E-state index in [1.54, 1.807) is 18.2 Å². The molecule has 1 aliphatic heterocycles. The number of imide groups is 1. The van der Waals surface area contributed by atoms with Crippen LogP contribution in [0.15, 0.2) is 126 Å². The summed E-state index contributed by atoms with van der Waals surface area (Å²) in [6.07, 6.45) is 0. The smallest absolute Gasteiger partial charge is 0.249 e. The summed E-state index contributed by atoms with van der Waals surface area (Å²) in [4.78, 5) is 30.2. The minimum absolute atomic E-state index is 0.0183. The Morgan fingerprint density at radius 2 is 1.27 bits per heavy atom. The topological polar surface area (TPSA) is 86.8 Å². The predicted octanol–water partition coefficient (Wildman–Crippen LogP) is 4.04. The molecule has 204 valence electrons. The highest BCUT2D eigenvalue weighted by Gasteiger charge is 2.42. The third kappa shape index (κ3) is 5.89. The molecule has 1 atom stereocenters. The Balaban J connectivity index is 1.56. The fourth-order valence-corrected chi connectivity index (χ4v) is 6.65.